The highest BCUT2D eigenvalue weighted by Gasteiger charge is 2.19. The molecular weight excluding hydrogens is 298 g/mol. The second-order valence-electron chi connectivity index (χ2n) is 6.15. The van der Waals surface area contributed by atoms with Crippen LogP contribution in [0, 0.1) is 5.92 Å². The minimum atomic E-state index is 0.591. The maximum atomic E-state index is 4.35. The third kappa shape index (κ3) is 3.67. The summed E-state index contributed by atoms with van der Waals surface area (Å²) in [7, 11) is 1.86. The Morgan fingerprint density at radius 3 is 2.67 bits per heavy atom. The van der Waals surface area contributed by atoms with Gasteiger partial charge in [0.2, 0.25) is 0 Å². The van der Waals surface area contributed by atoms with Gasteiger partial charge in [0.15, 0.2) is 0 Å². The van der Waals surface area contributed by atoms with Crippen LogP contribution in [-0.4, -0.2) is 33.5 Å². The van der Waals surface area contributed by atoms with E-state index in [0.29, 0.717) is 5.92 Å². The van der Waals surface area contributed by atoms with Crippen molar-refractivity contribution in [3.05, 3.63) is 54.9 Å². The van der Waals surface area contributed by atoms with Gasteiger partial charge in [-0.05, 0) is 37.5 Å². The Balaban J connectivity index is 2.45. The smallest absolute Gasteiger partial charge is 0.132 e. The lowest BCUT2D eigenvalue weighted by Crippen LogP contribution is -2.29. The normalized spacial score (nSPS) is 11.8. The van der Waals surface area contributed by atoms with Gasteiger partial charge < -0.3 is 10.2 Å². The quantitative estimate of drug-likeness (QED) is 0.749. The van der Waals surface area contributed by atoms with Crippen molar-refractivity contribution in [2.24, 2.45) is 5.92 Å². The Morgan fingerprint density at radius 1 is 1.33 bits per heavy atom. The number of allylic oxidation sites excluding steroid dienone is 1. The van der Waals surface area contributed by atoms with Gasteiger partial charge in [0, 0.05) is 19.3 Å². The van der Waals surface area contributed by atoms with Crippen molar-refractivity contribution in [2.45, 2.75) is 27.2 Å². The number of para-hydroxylation sites is 1. The molecule has 0 aliphatic carbocycles. The van der Waals surface area contributed by atoms with E-state index in [2.05, 4.69) is 47.5 Å². The maximum Gasteiger partial charge on any atom is 0.132 e. The van der Waals surface area contributed by atoms with Gasteiger partial charge in [-0.15, -0.1) is 5.10 Å². The average Bonchev–Trinajstić information content (AvgIpc) is 3.01. The molecule has 5 nitrogen and oxygen atoms in total. The van der Waals surface area contributed by atoms with E-state index in [-0.39, 0.29) is 0 Å². The van der Waals surface area contributed by atoms with Gasteiger partial charge in [-0.3, -0.25) is 0 Å². The first kappa shape index (κ1) is 17.8. The Kier molecular flexibility index (Phi) is 5.79. The molecule has 128 valence electrons. The SMILES string of the molecule is C=C(NC)C(=C)N(CCC(C)C)C(=CC)n1nnc2ccccc21. The van der Waals surface area contributed by atoms with Gasteiger partial charge in [-0.25, -0.2) is 0 Å². The summed E-state index contributed by atoms with van der Waals surface area (Å²) in [5.41, 5.74) is 3.48. The third-order valence-electron chi connectivity index (χ3n) is 4.01. The van der Waals surface area contributed by atoms with Crippen molar-refractivity contribution in [3.8, 4) is 0 Å². The van der Waals surface area contributed by atoms with E-state index in [1.807, 2.05) is 49.0 Å². The molecule has 0 fully saturated rings. The van der Waals surface area contributed by atoms with Crippen LogP contribution in [0.1, 0.15) is 27.2 Å². The fourth-order valence-electron chi connectivity index (χ4n) is 2.51. The predicted molar refractivity (Wildman–Crippen MR) is 101 cm³/mol. The number of benzene rings is 1. The molecule has 0 radical (unpaired) electrons. The molecule has 0 saturated heterocycles. The number of aromatic nitrogens is 3. The zero-order chi connectivity index (χ0) is 17.7. The molecule has 0 aliphatic rings. The fourth-order valence-corrected chi connectivity index (χ4v) is 2.51. The van der Waals surface area contributed by atoms with Crippen LogP contribution in [-0.2, 0) is 0 Å². The monoisotopic (exact) mass is 325 g/mol. The molecule has 0 saturated carbocycles. The molecular formula is C19H27N5. The Morgan fingerprint density at radius 2 is 2.04 bits per heavy atom. The molecule has 0 unspecified atom stereocenters. The first-order valence-electron chi connectivity index (χ1n) is 8.30. The summed E-state index contributed by atoms with van der Waals surface area (Å²) in [6.45, 7) is 15.6. The van der Waals surface area contributed by atoms with Crippen LogP contribution in [0.5, 0.6) is 0 Å². The number of nitrogens with one attached hydrogen (secondary N) is 1. The van der Waals surface area contributed by atoms with E-state index in [4.69, 9.17) is 0 Å². The number of nitrogens with zero attached hydrogens (tertiary/aromatic N) is 4. The van der Waals surface area contributed by atoms with Crippen LogP contribution < -0.4 is 5.32 Å². The molecule has 5 heteroatoms. The summed E-state index contributed by atoms with van der Waals surface area (Å²) < 4.78 is 1.86. The number of likely N-dealkylation sites (N-methyl/N-ethyl adjacent to an activating group) is 1. The third-order valence-corrected chi connectivity index (χ3v) is 4.01. The van der Waals surface area contributed by atoms with Crippen molar-refractivity contribution < 1.29 is 0 Å². The van der Waals surface area contributed by atoms with Gasteiger partial charge in [0.05, 0.1) is 11.2 Å². The second kappa shape index (κ2) is 7.81. The van der Waals surface area contributed by atoms with Gasteiger partial charge >= 0.3 is 0 Å². The van der Waals surface area contributed by atoms with E-state index in [9.17, 15) is 0 Å². The molecule has 0 amide bonds. The molecule has 0 atom stereocenters. The number of hydrogen-bond acceptors (Lipinski definition) is 4. The molecule has 0 bridgehead atoms. The first-order chi connectivity index (χ1) is 11.5. The molecule has 2 rings (SSSR count). The molecule has 24 heavy (non-hydrogen) atoms. The lowest BCUT2D eigenvalue weighted by Gasteiger charge is -2.30. The molecule has 0 spiro atoms. The van der Waals surface area contributed by atoms with Crippen LogP contribution in [0.2, 0.25) is 0 Å². The molecule has 1 aromatic heterocycles. The highest BCUT2D eigenvalue weighted by atomic mass is 15.5. The number of fused-ring (bicyclic) bond motifs is 1. The van der Waals surface area contributed by atoms with Gasteiger partial charge in [-0.1, -0.05) is 44.4 Å². The lowest BCUT2D eigenvalue weighted by atomic mass is 10.1. The van der Waals surface area contributed by atoms with Crippen molar-refractivity contribution in [1.82, 2.24) is 25.2 Å². The van der Waals surface area contributed by atoms with Crippen LogP contribution in [0.3, 0.4) is 0 Å². The van der Waals surface area contributed by atoms with Crippen LogP contribution in [0.4, 0.5) is 0 Å². The molecule has 1 heterocycles. The van der Waals surface area contributed by atoms with Crippen LogP contribution in [0.15, 0.2) is 54.9 Å². The van der Waals surface area contributed by atoms with Crippen LogP contribution >= 0.6 is 0 Å². The Bertz CT molecular complexity index is 754. The van der Waals surface area contributed by atoms with Crippen molar-refractivity contribution >= 4 is 16.9 Å². The molecule has 0 aliphatic heterocycles. The minimum absolute atomic E-state index is 0.591. The first-order valence-corrected chi connectivity index (χ1v) is 8.30. The summed E-state index contributed by atoms with van der Waals surface area (Å²) in [4.78, 5) is 2.15. The maximum absolute atomic E-state index is 4.35. The summed E-state index contributed by atoms with van der Waals surface area (Å²) in [5.74, 6) is 1.53. The minimum Gasteiger partial charge on any atom is -0.387 e. The molecule has 2 aromatic rings. The average molecular weight is 325 g/mol. The summed E-state index contributed by atoms with van der Waals surface area (Å²) in [5, 5.41) is 11.7. The summed E-state index contributed by atoms with van der Waals surface area (Å²) in [6.07, 6.45) is 3.08. The molecule has 1 aromatic carbocycles. The Labute approximate surface area is 144 Å². The zero-order valence-electron chi connectivity index (χ0n) is 15.1. The zero-order valence-corrected chi connectivity index (χ0v) is 15.1. The van der Waals surface area contributed by atoms with Crippen molar-refractivity contribution in [3.63, 3.8) is 0 Å². The van der Waals surface area contributed by atoms with Gasteiger partial charge in [-0.2, -0.15) is 4.68 Å². The van der Waals surface area contributed by atoms with Crippen molar-refractivity contribution in [2.75, 3.05) is 13.6 Å². The number of hydrogen-bond donors (Lipinski definition) is 1. The van der Waals surface area contributed by atoms with E-state index in [1.54, 1.807) is 0 Å². The summed E-state index contributed by atoms with van der Waals surface area (Å²) in [6, 6.07) is 7.95. The van der Waals surface area contributed by atoms with E-state index in [0.717, 1.165) is 41.2 Å². The topological polar surface area (TPSA) is 46.0 Å². The van der Waals surface area contributed by atoms with Crippen LogP contribution in [0.25, 0.3) is 16.9 Å². The fraction of sp³-hybridized carbons (Fsp3) is 0.368. The Hall–Kier alpha value is -2.56. The van der Waals surface area contributed by atoms with Crippen molar-refractivity contribution in [1.29, 1.82) is 0 Å². The highest BCUT2D eigenvalue weighted by Crippen LogP contribution is 2.24. The van der Waals surface area contributed by atoms with E-state index in [1.165, 1.54) is 0 Å². The largest absolute Gasteiger partial charge is 0.387 e. The standard InChI is InChI=1S/C19H27N5/c1-7-19(24-18-11-9-8-10-17(18)21-22-24)23(13-12-14(2)3)16(5)15(4)20-6/h7-11,14,20H,4-5,12-13H2,1-3,6H3. The van der Waals surface area contributed by atoms with E-state index >= 15 is 0 Å². The van der Waals surface area contributed by atoms with Gasteiger partial charge in [0.25, 0.3) is 0 Å². The highest BCUT2D eigenvalue weighted by molar-refractivity contribution is 5.77. The molecule has 1 N–H and O–H groups in total. The van der Waals surface area contributed by atoms with E-state index < -0.39 is 0 Å². The summed E-state index contributed by atoms with van der Waals surface area (Å²) >= 11 is 0. The van der Waals surface area contributed by atoms with Gasteiger partial charge in [0.1, 0.15) is 11.3 Å². The number of rotatable bonds is 8. The predicted octanol–water partition coefficient (Wildman–Crippen LogP) is 3.84. The lowest BCUT2D eigenvalue weighted by molar-refractivity contribution is 0.410. The second-order valence-corrected chi connectivity index (χ2v) is 6.15.